The van der Waals surface area contributed by atoms with Gasteiger partial charge in [0.25, 0.3) is 11.1 Å². The van der Waals surface area contributed by atoms with Crippen molar-refractivity contribution >= 4 is 81.1 Å². The fourth-order valence-corrected chi connectivity index (χ4v) is 5.79. The molecule has 0 atom stereocenters. The van der Waals surface area contributed by atoms with E-state index in [1.807, 2.05) is 20.8 Å². The van der Waals surface area contributed by atoms with Crippen molar-refractivity contribution in [2.75, 3.05) is 16.4 Å². The highest BCUT2D eigenvalue weighted by Gasteiger charge is 2.28. The van der Waals surface area contributed by atoms with Crippen LogP contribution >= 0.6 is 11.3 Å². The Bertz CT molecular complexity index is 2530. The first-order chi connectivity index (χ1) is 27.4. The number of nitrogen functional groups attached to an aromatic ring is 1. The fourth-order valence-electron chi connectivity index (χ4n) is 5.12. The zero-order chi connectivity index (χ0) is 42.1. The number of carboxylic acids is 5. The predicted octanol–water partition coefficient (Wildman–Crippen LogP) is 5.85. The Labute approximate surface area is 328 Å². The topological polar surface area (TPSA) is 344 Å². The number of benzene rings is 3. The second-order valence-electron chi connectivity index (χ2n) is 13.1. The van der Waals surface area contributed by atoms with Gasteiger partial charge >= 0.3 is 29.8 Å². The summed E-state index contributed by atoms with van der Waals surface area (Å²) in [5.41, 5.74) is 5.36. The van der Waals surface area contributed by atoms with Crippen LogP contribution in [-0.2, 0) is 5.41 Å². The molecule has 0 saturated heterocycles. The van der Waals surface area contributed by atoms with Crippen molar-refractivity contribution in [1.82, 2.24) is 34.9 Å². The highest BCUT2D eigenvalue weighted by molar-refractivity contribution is 7.18. The van der Waals surface area contributed by atoms with Crippen LogP contribution in [0.3, 0.4) is 0 Å². The van der Waals surface area contributed by atoms with E-state index in [0.717, 1.165) is 52.4 Å². The van der Waals surface area contributed by atoms with E-state index < -0.39 is 35.3 Å². The molecule has 0 aliphatic heterocycles. The summed E-state index contributed by atoms with van der Waals surface area (Å²) in [5, 5.41) is 75.0. The molecule has 294 valence electrons. The molecule has 3 aromatic carbocycles. The van der Waals surface area contributed by atoms with Gasteiger partial charge in [0.15, 0.2) is 11.5 Å². The molecule has 58 heavy (non-hydrogen) atoms. The van der Waals surface area contributed by atoms with Crippen LogP contribution in [0.15, 0.2) is 70.9 Å². The van der Waals surface area contributed by atoms with Gasteiger partial charge in [-0.3, -0.25) is 0 Å². The van der Waals surface area contributed by atoms with Crippen LogP contribution in [-0.4, -0.2) is 90.3 Å². The van der Waals surface area contributed by atoms with Crippen molar-refractivity contribution in [3.63, 3.8) is 0 Å². The van der Waals surface area contributed by atoms with Gasteiger partial charge in [-0.1, -0.05) is 44.2 Å². The summed E-state index contributed by atoms with van der Waals surface area (Å²) in [6.07, 6.45) is 0. The SMILES string of the molecule is CC(C)(C)c1nn(-c2nc(Nc3cc(C(=O)O)cc(C(=O)O)c3)nc(Nc3cc(C(=O)O)cc(C(=O)O)c3)n2)c(N)c1/N=N/c1nnc(-c2ccc(C(=O)O)cc2)s1. The van der Waals surface area contributed by atoms with Crippen LogP contribution < -0.4 is 16.4 Å². The second-order valence-corrected chi connectivity index (χ2v) is 14.0. The number of nitrogens with two attached hydrogens (primary N) is 1. The van der Waals surface area contributed by atoms with Crippen molar-refractivity contribution in [1.29, 1.82) is 0 Å². The minimum atomic E-state index is -1.42. The van der Waals surface area contributed by atoms with E-state index >= 15 is 0 Å². The molecule has 6 rings (SSSR count). The Balaban J connectivity index is 1.45. The number of rotatable bonds is 13. The minimum absolute atomic E-state index is 0.0611. The Morgan fingerprint density at radius 1 is 0.655 bits per heavy atom. The van der Waals surface area contributed by atoms with E-state index in [4.69, 9.17) is 5.73 Å². The number of hydrogen-bond acceptors (Lipinski definition) is 17. The number of carbonyl (C=O) groups is 5. The zero-order valence-corrected chi connectivity index (χ0v) is 30.9. The molecule has 0 fully saturated rings. The molecule has 0 radical (unpaired) electrons. The average molecular weight is 809 g/mol. The molecule has 9 N–H and O–H groups in total. The Morgan fingerprint density at radius 2 is 1.12 bits per heavy atom. The van der Waals surface area contributed by atoms with Crippen LogP contribution in [0, 0.1) is 0 Å². The van der Waals surface area contributed by atoms with Gasteiger partial charge in [-0.15, -0.1) is 20.4 Å². The third kappa shape index (κ3) is 8.68. The van der Waals surface area contributed by atoms with E-state index in [9.17, 15) is 49.5 Å². The van der Waals surface area contributed by atoms with Crippen molar-refractivity contribution in [3.05, 3.63) is 94.2 Å². The largest absolute Gasteiger partial charge is 0.478 e. The number of hydrogen-bond donors (Lipinski definition) is 8. The molecule has 22 nitrogen and oxygen atoms in total. The summed E-state index contributed by atoms with van der Waals surface area (Å²) >= 11 is 1.06. The van der Waals surface area contributed by atoms with Gasteiger partial charge in [0, 0.05) is 22.4 Å². The Hall–Kier alpha value is -8.21. The first kappa shape index (κ1) is 39.5. The minimum Gasteiger partial charge on any atom is -0.478 e. The van der Waals surface area contributed by atoms with Crippen molar-refractivity contribution in [2.45, 2.75) is 26.2 Å². The van der Waals surface area contributed by atoms with Crippen LogP contribution in [0.5, 0.6) is 0 Å². The van der Waals surface area contributed by atoms with E-state index in [0.29, 0.717) is 16.3 Å². The maximum Gasteiger partial charge on any atom is 0.335 e. The summed E-state index contributed by atoms with van der Waals surface area (Å²) in [5.74, 6) is -7.80. The molecule has 0 amide bonds. The standard InChI is InChI=1S/C35H28N12O10S/c1-35(2,3)23-22(42-44-34-45-43-25(58-34)14-4-6-15(7-5-14)26(48)49)24(36)47(46-23)33-40-31(37-20-10-16(27(50)51)8-17(11-20)28(52)53)39-32(41-33)38-21-12-18(29(54)55)9-19(13-21)30(56)57/h4-13H,36H2,1-3H3,(H,48,49)(H,50,51)(H,52,53)(H,54,55)(H,56,57)(H2,37,38,39,40,41)/b44-42+. The van der Waals surface area contributed by atoms with Crippen molar-refractivity contribution in [3.8, 4) is 16.5 Å². The quantitative estimate of drug-likeness (QED) is 0.0634. The van der Waals surface area contributed by atoms with Gasteiger partial charge in [-0.2, -0.15) is 24.7 Å². The summed E-state index contributed by atoms with van der Waals surface area (Å²) in [6, 6.07) is 12.4. The van der Waals surface area contributed by atoms with E-state index in [1.54, 1.807) is 12.1 Å². The van der Waals surface area contributed by atoms with E-state index in [2.05, 4.69) is 51.1 Å². The molecule has 0 bridgehead atoms. The lowest BCUT2D eigenvalue weighted by atomic mass is 9.91. The molecule has 6 aromatic rings. The molecule has 0 aliphatic rings. The maximum atomic E-state index is 11.8. The van der Waals surface area contributed by atoms with Crippen molar-refractivity contribution in [2.24, 2.45) is 10.2 Å². The lowest BCUT2D eigenvalue weighted by Crippen LogP contribution is -2.15. The summed E-state index contributed by atoms with van der Waals surface area (Å²) < 4.78 is 1.09. The molecule has 0 spiro atoms. The Kier molecular flexibility index (Phi) is 10.6. The number of azo groups is 1. The van der Waals surface area contributed by atoms with Crippen molar-refractivity contribution < 1.29 is 49.5 Å². The van der Waals surface area contributed by atoms with E-state index in [1.165, 1.54) is 12.1 Å². The van der Waals surface area contributed by atoms with Gasteiger partial charge in [0.2, 0.25) is 11.9 Å². The van der Waals surface area contributed by atoms with Gasteiger partial charge in [0.05, 0.1) is 33.5 Å². The lowest BCUT2D eigenvalue weighted by Gasteiger charge is -2.15. The molecule has 3 heterocycles. The third-order valence-corrected chi connectivity index (χ3v) is 8.67. The second kappa shape index (κ2) is 15.5. The normalized spacial score (nSPS) is 11.4. The monoisotopic (exact) mass is 808 g/mol. The number of carboxylic acid groups (broad SMARTS) is 5. The molecule has 0 unspecified atom stereocenters. The maximum absolute atomic E-state index is 11.8. The fraction of sp³-hybridized carbons (Fsp3) is 0.114. The van der Waals surface area contributed by atoms with Gasteiger partial charge in [-0.05, 0) is 48.5 Å². The van der Waals surface area contributed by atoms with Gasteiger partial charge in [-0.25, -0.2) is 24.0 Å². The van der Waals surface area contributed by atoms with Crippen LogP contribution in [0.2, 0.25) is 0 Å². The Morgan fingerprint density at radius 3 is 1.55 bits per heavy atom. The number of nitrogens with one attached hydrogen (secondary N) is 2. The average Bonchev–Trinajstić information content (AvgIpc) is 3.77. The molecule has 0 aliphatic carbocycles. The summed E-state index contributed by atoms with van der Waals surface area (Å²) in [6.45, 7) is 5.46. The smallest absolute Gasteiger partial charge is 0.335 e. The van der Waals surface area contributed by atoms with Crippen LogP contribution in [0.1, 0.15) is 78.3 Å². The molecule has 23 heteroatoms. The van der Waals surface area contributed by atoms with Crippen LogP contribution in [0.4, 0.5) is 39.9 Å². The third-order valence-electron chi connectivity index (χ3n) is 7.81. The lowest BCUT2D eigenvalue weighted by molar-refractivity contribution is 0.0676. The van der Waals surface area contributed by atoms with Gasteiger partial charge < -0.3 is 41.9 Å². The molecule has 3 aromatic heterocycles. The number of aromatic nitrogens is 7. The number of aromatic carboxylic acids is 5. The summed E-state index contributed by atoms with van der Waals surface area (Å²) in [4.78, 5) is 71.5. The first-order valence-corrected chi connectivity index (χ1v) is 17.2. The summed E-state index contributed by atoms with van der Waals surface area (Å²) in [7, 11) is 0. The number of nitrogens with zero attached hydrogens (tertiary/aromatic N) is 9. The van der Waals surface area contributed by atoms with Crippen LogP contribution in [0.25, 0.3) is 16.5 Å². The highest BCUT2D eigenvalue weighted by atomic mass is 32.1. The molecule has 0 saturated carbocycles. The molecular formula is C35H28N12O10S. The van der Waals surface area contributed by atoms with Gasteiger partial charge in [0.1, 0.15) is 5.01 Å². The number of anilines is 5. The zero-order valence-electron chi connectivity index (χ0n) is 30.1. The highest BCUT2D eigenvalue weighted by Crippen LogP contribution is 2.38. The molecular weight excluding hydrogens is 781 g/mol. The predicted molar refractivity (Wildman–Crippen MR) is 204 cm³/mol. The first-order valence-electron chi connectivity index (χ1n) is 16.4. The van der Waals surface area contributed by atoms with E-state index in [-0.39, 0.29) is 73.7 Å².